The molecule has 1 atom stereocenters. The van der Waals surface area contributed by atoms with Crippen molar-refractivity contribution in [3.05, 3.63) is 64.1 Å². The largest absolute Gasteiger partial charge is 0.328 e. The molecule has 1 aromatic heterocycles. The van der Waals surface area contributed by atoms with Crippen LogP contribution in [-0.4, -0.2) is 31.7 Å². The molecular formula is C22H28N4O4S. The molecule has 3 rings (SSSR count). The van der Waals surface area contributed by atoms with Crippen LogP contribution in [0.4, 0.5) is 5.69 Å². The van der Waals surface area contributed by atoms with Crippen LogP contribution in [0.15, 0.2) is 52.3 Å². The van der Waals surface area contributed by atoms with Crippen molar-refractivity contribution in [3.8, 4) is 0 Å². The van der Waals surface area contributed by atoms with Crippen LogP contribution in [-0.2, 0) is 20.6 Å². The molecule has 1 saturated carbocycles. The molecule has 9 heteroatoms. The predicted octanol–water partition coefficient (Wildman–Crippen LogP) is 2.38. The first-order valence-electron chi connectivity index (χ1n) is 10.2. The number of sulfonamides is 1. The number of nitrogens with zero attached hydrogens (tertiary/aromatic N) is 2. The minimum atomic E-state index is -3.82. The molecule has 1 fully saturated rings. The van der Waals surface area contributed by atoms with Gasteiger partial charge in [0.2, 0.25) is 10.0 Å². The Balaban J connectivity index is 1.96. The Kier molecular flexibility index (Phi) is 7.07. The monoisotopic (exact) mass is 444 g/mol. The molecular weight excluding hydrogens is 416 g/mol. The fourth-order valence-electron chi connectivity index (χ4n) is 4.14. The van der Waals surface area contributed by atoms with Crippen molar-refractivity contribution in [3.63, 3.8) is 0 Å². The van der Waals surface area contributed by atoms with Crippen LogP contribution < -0.4 is 16.0 Å². The van der Waals surface area contributed by atoms with Crippen LogP contribution in [0.2, 0.25) is 0 Å². The van der Waals surface area contributed by atoms with E-state index < -0.39 is 27.5 Å². The van der Waals surface area contributed by atoms with Crippen LogP contribution in [0.25, 0.3) is 0 Å². The number of carbonyl (C=O) groups is 1. The van der Waals surface area contributed by atoms with Gasteiger partial charge in [0.15, 0.2) is 0 Å². The summed E-state index contributed by atoms with van der Waals surface area (Å²) in [7, 11) is -3.82. The Morgan fingerprint density at radius 2 is 1.84 bits per heavy atom. The molecule has 1 unspecified atom stereocenters. The lowest BCUT2D eigenvalue weighted by Crippen LogP contribution is -2.39. The van der Waals surface area contributed by atoms with E-state index in [2.05, 4.69) is 16.4 Å². The fraction of sp³-hybridized carbons (Fsp3) is 0.409. The third kappa shape index (κ3) is 5.48. The highest BCUT2D eigenvalue weighted by Gasteiger charge is 2.34. The van der Waals surface area contributed by atoms with E-state index in [4.69, 9.17) is 5.73 Å². The summed E-state index contributed by atoms with van der Waals surface area (Å²) in [6.45, 7) is 5.06. The molecule has 1 heterocycles. The van der Waals surface area contributed by atoms with Gasteiger partial charge in [-0.15, -0.1) is 0 Å². The third-order valence-corrected chi connectivity index (χ3v) is 6.98. The van der Waals surface area contributed by atoms with Crippen molar-refractivity contribution >= 4 is 28.3 Å². The molecule has 0 radical (unpaired) electrons. The summed E-state index contributed by atoms with van der Waals surface area (Å²) >= 11 is 0. The van der Waals surface area contributed by atoms with Crippen LogP contribution in [0.1, 0.15) is 43.0 Å². The van der Waals surface area contributed by atoms with Gasteiger partial charge in [-0.3, -0.25) is 18.9 Å². The van der Waals surface area contributed by atoms with Crippen molar-refractivity contribution in [2.24, 2.45) is 16.6 Å². The molecule has 2 aromatic rings. The molecule has 1 amide bonds. The summed E-state index contributed by atoms with van der Waals surface area (Å²) in [5.74, 6) is -0.890. The zero-order valence-corrected chi connectivity index (χ0v) is 18.3. The topological polar surface area (TPSA) is 124 Å². The fourth-order valence-corrected chi connectivity index (χ4v) is 5.34. The average molecular weight is 445 g/mol. The Morgan fingerprint density at radius 3 is 2.45 bits per heavy atom. The lowest BCUT2D eigenvalue weighted by molar-refractivity contribution is -0.122. The highest BCUT2D eigenvalue weighted by Crippen LogP contribution is 2.33. The number of rotatable bonds is 7. The van der Waals surface area contributed by atoms with Gasteiger partial charge in [-0.2, -0.15) is 0 Å². The number of pyridine rings is 1. The molecule has 0 saturated heterocycles. The molecule has 0 bridgehead atoms. The SMILES string of the molecule is C=NC(=O)C(C1CCC(N)CC1)n1c(C)ccc(NS(=O)(=O)Cc2ccccc2)c1=O. The number of carbonyl (C=O) groups excluding carboxylic acids is 1. The smallest absolute Gasteiger partial charge is 0.275 e. The molecule has 8 nitrogen and oxygen atoms in total. The first kappa shape index (κ1) is 22.9. The number of aryl methyl sites for hydroxylation is 1. The second-order valence-corrected chi connectivity index (χ2v) is 9.75. The zero-order valence-electron chi connectivity index (χ0n) is 17.5. The number of aromatic nitrogens is 1. The number of benzene rings is 1. The second kappa shape index (κ2) is 9.57. The van der Waals surface area contributed by atoms with E-state index in [1.165, 1.54) is 10.6 Å². The van der Waals surface area contributed by atoms with Crippen molar-refractivity contribution < 1.29 is 13.2 Å². The van der Waals surface area contributed by atoms with Gasteiger partial charge in [0, 0.05) is 11.7 Å². The van der Waals surface area contributed by atoms with E-state index in [0.29, 0.717) is 24.1 Å². The Labute approximate surface area is 182 Å². The average Bonchev–Trinajstić information content (AvgIpc) is 2.74. The minimum absolute atomic E-state index is 0.0811. The maximum atomic E-state index is 13.3. The predicted molar refractivity (Wildman–Crippen MR) is 122 cm³/mol. The summed E-state index contributed by atoms with van der Waals surface area (Å²) in [6, 6.07) is 11.0. The molecule has 3 N–H and O–H groups in total. The van der Waals surface area contributed by atoms with Gasteiger partial charge >= 0.3 is 0 Å². The maximum absolute atomic E-state index is 13.3. The number of hydrogen-bond acceptors (Lipinski definition) is 5. The summed E-state index contributed by atoms with van der Waals surface area (Å²) in [5, 5.41) is 0. The van der Waals surface area contributed by atoms with Gasteiger partial charge in [-0.25, -0.2) is 13.4 Å². The van der Waals surface area contributed by atoms with Crippen molar-refractivity contribution in [2.75, 3.05) is 4.72 Å². The summed E-state index contributed by atoms with van der Waals surface area (Å²) < 4.78 is 29.0. The lowest BCUT2D eigenvalue weighted by atomic mass is 9.81. The van der Waals surface area contributed by atoms with Crippen molar-refractivity contribution in [1.29, 1.82) is 0 Å². The van der Waals surface area contributed by atoms with Gasteiger partial charge in [-0.05, 0) is 62.9 Å². The van der Waals surface area contributed by atoms with Crippen LogP contribution >= 0.6 is 0 Å². The summed E-state index contributed by atoms with van der Waals surface area (Å²) in [5.41, 5.74) is 6.47. The quantitative estimate of drug-likeness (QED) is 0.635. The van der Waals surface area contributed by atoms with Gasteiger partial charge in [-0.1, -0.05) is 30.3 Å². The van der Waals surface area contributed by atoms with Crippen LogP contribution in [0.5, 0.6) is 0 Å². The van der Waals surface area contributed by atoms with Crippen LogP contribution in [0.3, 0.4) is 0 Å². The Hall–Kier alpha value is -2.78. The Morgan fingerprint density at radius 1 is 1.19 bits per heavy atom. The third-order valence-electron chi connectivity index (χ3n) is 5.74. The normalized spacial score (nSPS) is 20.1. The van der Waals surface area contributed by atoms with E-state index in [-0.39, 0.29) is 23.4 Å². The number of nitrogens with one attached hydrogen (secondary N) is 1. The number of nitrogens with two attached hydrogens (primary N) is 1. The first-order chi connectivity index (χ1) is 14.7. The molecule has 0 spiro atoms. The lowest BCUT2D eigenvalue weighted by Gasteiger charge is -2.33. The maximum Gasteiger partial charge on any atom is 0.275 e. The van der Waals surface area contributed by atoms with Gasteiger partial charge < -0.3 is 5.73 Å². The first-order valence-corrected chi connectivity index (χ1v) is 11.9. The number of amides is 1. The van der Waals surface area contributed by atoms with E-state index in [0.717, 1.165) is 12.8 Å². The second-order valence-electron chi connectivity index (χ2n) is 8.03. The van der Waals surface area contributed by atoms with E-state index in [9.17, 15) is 18.0 Å². The molecule has 1 aliphatic rings. The van der Waals surface area contributed by atoms with E-state index in [1.54, 1.807) is 43.3 Å². The number of hydrogen-bond donors (Lipinski definition) is 2. The molecule has 166 valence electrons. The van der Waals surface area contributed by atoms with Gasteiger partial charge in [0.25, 0.3) is 11.5 Å². The minimum Gasteiger partial charge on any atom is -0.328 e. The van der Waals surface area contributed by atoms with E-state index >= 15 is 0 Å². The van der Waals surface area contributed by atoms with E-state index in [1.807, 2.05) is 0 Å². The highest BCUT2D eigenvalue weighted by atomic mass is 32.2. The Bertz CT molecular complexity index is 1100. The molecule has 1 aliphatic carbocycles. The molecule has 0 aliphatic heterocycles. The number of aliphatic imine (C=N–C) groups is 1. The van der Waals surface area contributed by atoms with Gasteiger partial charge in [0.05, 0.1) is 5.75 Å². The summed E-state index contributed by atoms with van der Waals surface area (Å²) in [4.78, 5) is 29.5. The zero-order chi connectivity index (χ0) is 22.6. The standard InChI is InChI=1S/C22H28N4O4S/c1-15-8-13-19(25-31(29,30)14-16-6-4-3-5-7-16)22(28)26(15)20(21(27)24-2)17-9-11-18(23)12-10-17/h3-8,13,17-18,20,25H,2,9-12,14,23H2,1H3. The highest BCUT2D eigenvalue weighted by molar-refractivity contribution is 7.91. The van der Waals surface area contributed by atoms with Gasteiger partial charge in [0.1, 0.15) is 11.7 Å². The van der Waals surface area contributed by atoms with Crippen LogP contribution in [0, 0.1) is 12.8 Å². The van der Waals surface area contributed by atoms with Crippen molar-refractivity contribution in [1.82, 2.24) is 4.57 Å². The number of anilines is 1. The molecule has 1 aromatic carbocycles. The molecule has 31 heavy (non-hydrogen) atoms. The summed E-state index contributed by atoms with van der Waals surface area (Å²) in [6.07, 6.45) is 2.87. The van der Waals surface area contributed by atoms with Crippen molar-refractivity contribution in [2.45, 2.75) is 50.4 Å².